The number of hydrogen-bond donors (Lipinski definition) is 0. The molecule has 0 unspecified atom stereocenters. The largest absolute Gasteiger partial charge is 0.0776 e. The first-order chi connectivity index (χ1) is 7.33. The molecule has 106 valence electrons. The molecule has 0 aliphatic carbocycles. The second-order valence-corrected chi connectivity index (χ2v) is 3.06. The van der Waals surface area contributed by atoms with Crippen LogP contribution in [0.2, 0.25) is 0 Å². The Morgan fingerprint density at radius 2 is 0.688 bits per heavy atom. The fraction of sp³-hybridized carbons (Fsp3) is 1.00. The van der Waals surface area contributed by atoms with Gasteiger partial charge in [0, 0.05) is 0 Å². The summed E-state index contributed by atoms with van der Waals surface area (Å²) in [6.07, 6.45) is 9.65. The third-order valence-electron chi connectivity index (χ3n) is 1.71. The Balaban J connectivity index is -0.0000000388. The third-order valence-corrected chi connectivity index (χ3v) is 1.71. The molecule has 0 amide bonds. The molecule has 0 spiro atoms. The molecule has 0 N–H and O–H groups in total. The van der Waals surface area contributed by atoms with Crippen LogP contribution in [0.25, 0.3) is 0 Å². The summed E-state index contributed by atoms with van der Waals surface area (Å²) in [6, 6.07) is 0. The predicted molar refractivity (Wildman–Crippen MR) is 84.4 cm³/mol. The van der Waals surface area contributed by atoms with Gasteiger partial charge < -0.3 is 0 Å². The maximum absolute atomic E-state index is 2.25. The van der Waals surface area contributed by atoms with Crippen molar-refractivity contribution in [2.24, 2.45) is 0 Å². The number of rotatable bonds is 5. The van der Waals surface area contributed by atoms with Crippen LogP contribution in [0.4, 0.5) is 0 Å². The quantitative estimate of drug-likeness (QED) is 0.433. The summed E-state index contributed by atoms with van der Waals surface area (Å²) < 4.78 is 0. The molecule has 16 heavy (non-hydrogen) atoms. The second-order valence-electron chi connectivity index (χ2n) is 3.06. The van der Waals surface area contributed by atoms with Gasteiger partial charge in [0.05, 0.1) is 0 Å². The van der Waals surface area contributed by atoms with E-state index < -0.39 is 0 Å². The van der Waals surface area contributed by atoms with Crippen molar-refractivity contribution >= 4 is 0 Å². The molecule has 0 bridgehead atoms. The standard InChI is InChI=1S/C7H16.C4H10.2C2H6.CH4/c1-3-5-7-6-4-2;1-3-4-2;2*1-2;/h3-7H2,1-2H3;3-4H2,1-2H3;2*1-2H3;1H4. The van der Waals surface area contributed by atoms with Crippen LogP contribution in [0.1, 0.15) is 108 Å². The fourth-order valence-corrected chi connectivity index (χ4v) is 0.677. The summed E-state index contributed by atoms with van der Waals surface area (Å²) in [5.74, 6) is 0. The van der Waals surface area contributed by atoms with E-state index in [9.17, 15) is 0 Å². The molecule has 0 rings (SSSR count). The molecule has 0 saturated heterocycles. The Morgan fingerprint density at radius 1 is 0.438 bits per heavy atom. The van der Waals surface area contributed by atoms with E-state index in [1.165, 1.54) is 44.9 Å². The lowest BCUT2D eigenvalue weighted by molar-refractivity contribution is 0.656. The Hall–Kier alpha value is 0. The predicted octanol–water partition coefficient (Wildman–Crippen LogP) is 7.47. The van der Waals surface area contributed by atoms with E-state index in [2.05, 4.69) is 27.7 Å². The molecule has 0 heteroatoms. The van der Waals surface area contributed by atoms with E-state index in [-0.39, 0.29) is 7.43 Å². The van der Waals surface area contributed by atoms with Crippen LogP contribution in [0.15, 0.2) is 0 Å². The molecule has 0 atom stereocenters. The van der Waals surface area contributed by atoms with E-state index in [1.807, 2.05) is 27.7 Å². The van der Waals surface area contributed by atoms with E-state index in [1.54, 1.807) is 0 Å². The van der Waals surface area contributed by atoms with Crippen molar-refractivity contribution in [1.82, 2.24) is 0 Å². The first-order valence-corrected chi connectivity index (χ1v) is 7.33. The van der Waals surface area contributed by atoms with Crippen LogP contribution in [-0.2, 0) is 0 Å². The lowest BCUT2D eigenvalue weighted by Crippen LogP contribution is -1.70. The first-order valence-electron chi connectivity index (χ1n) is 7.33. The molecule has 0 fully saturated rings. The molecule has 0 aliphatic heterocycles. The van der Waals surface area contributed by atoms with Crippen LogP contribution in [0, 0.1) is 0 Å². The smallest absolute Gasteiger partial charge is 0.0533 e. The van der Waals surface area contributed by atoms with Crippen LogP contribution in [0.3, 0.4) is 0 Å². The first kappa shape index (κ1) is 29.8. The summed E-state index contributed by atoms with van der Waals surface area (Å²) in [4.78, 5) is 0. The minimum Gasteiger partial charge on any atom is -0.0776 e. The molecule has 0 aliphatic rings. The molecular weight excluding hydrogens is 192 g/mol. The molecule has 0 aromatic rings. The highest BCUT2D eigenvalue weighted by molar-refractivity contribution is 4.35. The lowest BCUT2D eigenvalue weighted by Gasteiger charge is -1.90. The SMILES string of the molecule is C.CC.CC.CCCC.CCCCCCC. The van der Waals surface area contributed by atoms with E-state index in [4.69, 9.17) is 0 Å². The Kier molecular flexibility index (Phi) is 112. The highest BCUT2D eigenvalue weighted by atomic mass is 13.9. The fourth-order valence-electron chi connectivity index (χ4n) is 0.677. The number of hydrogen-bond acceptors (Lipinski definition) is 0. The van der Waals surface area contributed by atoms with Gasteiger partial charge in [-0.05, 0) is 0 Å². The highest BCUT2D eigenvalue weighted by Crippen LogP contribution is 2.00. The maximum Gasteiger partial charge on any atom is -0.0533 e. The van der Waals surface area contributed by atoms with Crippen molar-refractivity contribution in [3.63, 3.8) is 0 Å². The van der Waals surface area contributed by atoms with Gasteiger partial charge in [0.15, 0.2) is 0 Å². The molecule has 0 aromatic heterocycles. The summed E-state index contributed by atoms with van der Waals surface area (Å²) in [6.45, 7) is 16.9. The summed E-state index contributed by atoms with van der Waals surface area (Å²) in [5, 5.41) is 0. The van der Waals surface area contributed by atoms with Crippen LogP contribution >= 0.6 is 0 Å². The van der Waals surface area contributed by atoms with Gasteiger partial charge in [-0.25, -0.2) is 0 Å². The van der Waals surface area contributed by atoms with Gasteiger partial charge in [0.25, 0.3) is 0 Å². The monoisotopic (exact) mass is 234 g/mol. The zero-order valence-electron chi connectivity index (χ0n) is 12.9. The molecule has 0 nitrogen and oxygen atoms in total. The van der Waals surface area contributed by atoms with Crippen LogP contribution in [-0.4, -0.2) is 0 Å². The highest BCUT2D eigenvalue weighted by Gasteiger charge is 1.80. The molecule has 0 saturated carbocycles. The van der Waals surface area contributed by atoms with Crippen molar-refractivity contribution in [2.45, 2.75) is 108 Å². The van der Waals surface area contributed by atoms with Gasteiger partial charge >= 0.3 is 0 Å². The van der Waals surface area contributed by atoms with E-state index in [0.717, 1.165) is 0 Å². The topological polar surface area (TPSA) is 0 Å². The zero-order chi connectivity index (χ0) is 12.9. The summed E-state index contributed by atoms with van der Waals surface area (Å²) in [5.41, 5.74) is 0. The Bertz CT molecular complexity index is 33.3. The molecule has 0 radical (unpaired) electrons. The van der Waals surface area contributed by atoms with Gasteiger partial charge in [-0.15, -0.1) is 0 Å². The lowest BCUT2D eigenvalue weighted by atomic mass is 10.2. The van der Waals surface area contributed by atoms with Crippen LogP contribution < -0.4 is 0 Å². The van der Waals surface area contributed by atoms with Gasteiger partial charge in [-0.2, -0.15) is 0 Å². The molecule has 0 heterocycles. The van der Waals surface area contributed by atoms with Gasteiger partial charge in [0.1, 0.15) is 0 Å². The summed E-state index contributed by atoms with van der Waals surface area (Å²) >= 11 is 0. The van der Waals surface area contributed by atoms with Gasteiger partial charge in [0.2, 0.25) is 0 Å². The van der Waals surface area contributed by atoms with Crippen LogP contribution in [0.5, 0.6) is 0 Å². The van der Waals surface area contributed by atoms with Crippen molar-refractivity contribution < 1.29 is 0 Å². The van der Waals surface area contributed by atoms with Crippen molar-refractivity contribution in [1.29, 1.82) is 0 Å². The van der Waals surface area contributed by atoms with Crippen molar-refractivity contribution in [3.8, 4) is 0 Å². The van der Waals surface area contributed by atoms with Gasteiger partial charge in [-0.1, -0.05) is 108 Å². The average Bonchev–Trinajstić information content (AvgIpc) is 2.35. The minimum atomic E-state index is 0. The van der Waals surface area contributed by atoms with Crippen molar-refractivity contribution in [3.05, 3.63) is 0 Å². The second kappa shape index (κ2) is 60.0. The van der Waals surface area contributed by atoms with E-state index >= 15 is 0 Å². The normalized spacial score (nSPS) is 6.75. The molecular formula is C16H42. The maximum atomic E-state index is 2.25. The Morgan fingerprint density at radius 3 is 0.812 bits per heavy atom. The zero-order valence-corrected chi connectivity index (χ0v) is 12.9. The van der Waals surface area contributed by atoms with Crippen molar-refractivity contribution in [2.75, 3.05) is 0 Å². The third kappa shape index (κ3) is 94.6. The average molecular weight is 235 g/mol. The number of unbranched alkanes of at least 4 members (excludes halogenated alkanes) is 5. The van der Waals surface area contributed by atoms with E-state index in [0.29, 0.717) is 0 Å². The Labute approximate surface area is 108 Å². The molecule has 0 aromatic carbocycles. The minimum absolute atomic E-state index is 0. The van der Waals surface area contributed by atoms with Gasteiger partial charge in [-0.3, -0.25) is 0 Å². The summed E-state index contributed by atoms with van der Waals surface area (Å²) in [7, 11) is 0.